The van der Waals surface area contributed by atoms with Crippen molar-refractivity contribution < 1.29 is 9.90 Å². The van der Waals surface area contributed by atoms with Crippen molar-refractivity contribution in [3.8, 4) is 5.75 Å². The first-order valence-corrected chi connectivity index (χ1v) is 9.24. The Morgan fingerprint density at radius 1 is 1.07 bits per heavy atom. The quantitative estimate of drug-likeness (QED) is 0.748. The molecule has 0 saturated heterocycles. The summed E-state index contributed by atoms with van der Waals surface area (Å²) in [6, 6.07) is 16.7. The van der Waals surface area contributed by atoms with E-state index in [4.69, 9.17) is 0 Å². The minimum Gasteiger partial charge on any atom is -0.508 e. The molecule has 2 heterocycles. The lowest BCUT2D eigenvalue weighted by Crippen LogP contribution is -2.35. The fraction of sp³-hybridized carbons (Fsp3) is 0.286. The lowest BCUT2D eigenvalue weighted by Gasteiger charge is -2.16. The van der Waals surface area contributed by atoms with E-state index in [1.54, 1.807) is 12.1 Å². The van der Waals surface area contributed by atoms with Crippen LogP contribution in [0.25, 0.3) is 0 Å². The molecule has 0 radical (unpaired) electrons. The van der Waals surface area contributed by atoms with Gasteiger partial charge >= 0.3 is 0 Å². The molecule has 27 heavy (non-hydrogen) atoms. The predicted molar refractivity (Wildman–Crippen MR) is 102 cm³/mol. The number of hydrogen-bond acceptors (Lipinski definition) is 4. The molecule has 6 nitrogen and oxygen atoms in total. The highest BCUT2D eigenvalue weighted by atomic mass is 16.3. The average molecular weight is 362 g/mol. The molecule has 1 aliphatic heterocycles. The summed E-state index contributed by atoms with van der Waals surface area (Å²) in [6.45, 7) is 0.797. The van der Waals surface area contributed by atoms with Gasteiger partial charge in [0, 0.05) is 31.0 Å². The summed E-state index contributed by atoms with van der Waals surface area (Å²) in [5, 5.41) is 21.2. The van der Waals surface area contributed by atoms with Gasteiger partial charge in [0.05, 0.1) is 0 Å². The number of phenolic OH excluding ortho intramolecular Hbond substituents is 1. The van der Waals surface area contributed by atoms with Gasteiger partial charge in [-0.05, 0) is 42.7 Å². The second-order valence-corrected chi connectivity index (χ2v) is 6.89. The third-order valence-electron chi connectivity index (χ3n) is 4.99. The Kier molecular flexibility index (Phi) is 4.87. The van der Waals surface area contributed by atoms with Gasteiger partial charge in [0.1, 0.15) is 17.4 Å². The Bertz CT molecular complexity index is 919. The first-order chi connectivity index (χ1) is 13.2. The molecular weight excluding hydrogens is 340 g/mol. The minimum atomic E-state index is -0.109. The number of phenols is 1. The van der Waals surface area contributed by atoms with Gasteiger partial charge < -0.3 is 15.0 Å². The molecule has 0 spiro atoms. The Morgan fingerprint density at radius 2 is 1.85 bits per heavy atom. The average Bonchev–Trinajstić information content (AvgIpc) is 2.95. The maximum absolute atomic E-state index is 12.4. The number of fused-ring (bicyclic) bond motifs is 1. The van der Waals surface area contributed by atoms with Gasteiger partial charge in [-0.15, -0.1) is 10.2 Å². The van der Waals surface area contributed by atoms with Gasteiger partial charge in [-0.1, -0.05) is 30.3 Å². The zero-order chi connectivity index (χ0) is 18.6. The number of amides is 1. The predicted octanol–water partition coefficient (Wildman–Crippen LogP) is 2.71. The zero-order valence-electron chi connectivity index (χ0n) is 15.0. The lowest BCUT2D eigenvalue weighted by molar-refractivity contribution is 0.0933. The van der Waals surface area contributed by atoms with Crippen molar-refractivity contribution in [2.75, 3.05) is 0 Å². The number of nitrogens with zero attached hydrogens (tertiary/aromatic N) is 3. The van der Waals surface area contributed by atoms with Crippen LogP contribution in [0.1, 0.15) is 40.4 Å². The number of benzene rings is 2. The molecular formula is C21H22N4O2. The number of aryl methyl sites for hydroxylation is 1. The third kappa shape index (κ3) is 4.00. The summed E-state index contributed by atoms with van der Waals surface area (Å²) in [7, 11) is 0. The van der Waals surface area contributed by atoms with E-state index in [0.29, 0.717) is 5.56 Å². The fourth-order valence-electron chi connectivity index (χ4n) is 3.48. The molecule has 1 amide bonds. The number of aromatic hydroxyl groups is 1. The first kappa shape index (κ1) is 17.3. The molecule has 1 aliphatic rings. The second-order valence-electron chi connectivity index (χ2n) is 6.89. The van der Waals surface area contributed by atoms with Crippen LogP contribution in [0.4, 0.5) is 0 Å². The van der Waals surface area contributed by atoms with Crippen LogP contribution in [0.2, 0.25) is 0 Å². The maximum atomic E-state index is 12.4. The molecule has 3 aromatic rings. The Morgan fingerprint density at radius 3 is 2.63 bits per heavy atom. The van der Waals surface area contributed by atoms with Gasteiger partial charge in [-0.3, -0.25) is 4.79 Å². The number of rotatable bonds is 4. The SMILES string of the molecule is O=C(NC1CCc2nnc(Cc3ccccc3)n2CC1)c1ccc(O)cc1. The highest BCUT2D eigenvalue weighted by molar-refractivity contribution is 5.94. The topological polar surface area (TPSA) is 80.0 Å². The van der Waals surface area contributed by atoms with Crippen molar-refractivity contribution in [2.45, 2.75) is 38.3 Å². The highest BCUT2D eigenvalue weighted by Crippen LogP contribution is 2.18. The number of nitrogens with one attached hydrogen (secondary N) is 1. The second kappa shape index (κ2) is 7.61. The number of aromatic nitrogens is 3. The van der Waals surface area contributed by atoms with Crippen LogP contribution in [-0.4, -0.2) is 31.8 Å². The molecule has 1 atom stereocenters. The van der Waals surface area contributed by atoms with E-state index < -0.39 is 0 Å². The van der Waals surface area contributed by atoms with Gasteiger partial charge in [0.25, 0.3) is 5.91 Å². The Balaban J connectivity index is 1.41. The molecule has 2 N–H and O–H groups in total. The molecule has 0 saturated carbocycles. The van der Waals surface area contributed by atoms with Crippen LogP contribution >= 0.6 is 0 Å². The van der Waals surface area contributed by atoms with E-state index in [9.17, 15) is 9.90 Å². The van der Waals surface area contributed by atoms with E-state index in [1.807, 2.05) is 18.2 Å². The van der Waals surface area contributed by atoms with Crippen LogP contribution in [0.5, 0.6) is 5.75 Å². The molecule has 1 unspecified atom stereocenters. The van der Waals surface area contributed by atoms with E-state index in [1.165, 1.54) is 17.7 Å². The normalized spacial score (nSPS) is 16.4. The summed E-state index contributed by atoms with van der Waals surface area (Å²) in [5.74, 6) is 2.01. The van der Waals surface area contributed by atoms with Crippen molar-refractivity contribution >= 4 is 5.91 Å². The summed E-state index contributed by atoms with van der Waals surface area (Å²) >= 11 is 0. The monoisotopic (exact) mass is 362 g/mol. The molecule has 0 aliphatic carbocycles. The van der Waals surface area contributed by atoms with Crippen molar-refractivity contribution in [3.63, 3.8) is 0 Å². The number of hydrogen-bond donors (Lipinski definition) is 2. The largest absolute Gasteiger partial charge is 0.508 e. The van der Waals surface area contributed by atoms with Crippen molar-refractivity contribution in [1.82, 2.24) is 20.1 Å². The van der Waals surface area contributed by atoms with Gasteiger partial charge in [0.15, 0.2) is 0 Å². The van der Waals surface area contributed by atoms with E-state index in [-0.39, 0.29) is 17.7 Å². The van der Waals surface area contributed by atoms with Crippen molar-refractivity contribution in [3.05, 3.63) is 77.4 Å². The van der Waals surface area contributed by atoms with E-state index >= 15 is 0 Å². The summed E-state index contributed by atoms with van der Waals surface area (Å²) < 4.78 is 2.19. The van der Waals surface area contributed by atoms with Crippen molar-refractivity contribution in [2.24, 2.45) is 0 Å². The smallest absolute Gasteiger partial charge is 0.251 e. The van der Waals surface area contributed by atoms with Crippen LogP contribution in [-0.2, 0) is 19.4 Å². The van der Waals surface area contributed by atoms with Gasteiger partial charge in [0.2, 0.25) is 0 Å². The molecule has 0 fully saturated rings. The minimum absolute atomic E-state index is 0.0950. The van der Waals surface area contributed by atoms with Crippen LogP contribution in [0.3, 0.4) is 0 Å². The van der Waals surface area contributed by atoms with Crippen LogP contribution < -0.4 is 5.32 Å². The van der Waals surface area contributed by atoms with Crippen molar-refractivity contribution in [1.29, 1.82) is 0 Å². The first-order valence-electron chi connectivity index (χ1n) is 9.24. The molecule has 138 valence electrons. The zero-order valence-corrected chi connectivity index (χ0v) is 15.0. The lowest BCUT2D eigenvalue weighted by atomic mass is 10.1. The summed E-state index contributed by atoms with van der Waals surface area (Å²) in [6.07, 6.45) is 3.24. The Labute approximate surface area is 157 Å². The standard InChI is InChI=1S/C21H22N4O2/c26-18-9-6-16(7-10-18)21(27)22-17-8-11-19-23-24-20(25(19)13-12-17)14-15-4-2-1-3-5-15/h1-7,9-10,17,26H,8,11-14H2,(H,22,27). The third-order valence-corrected chi connectivity index (χ3v) is 4.99. The van der Waals surface area contributed by atoms with Gasteiger partial charge in [-0.25, -0.2) is 0 Å². The number of carbonyl (C=O) groups is 1. The van der Waals surface area contributed by atoms with E-state index in [0.717, 1.165) is 43.9 Å². The van der Waals surface area contributed by atoms with Crippen LogP contribution in [0.15, 0.2) is 54.6 Å². The summed E-state index contributed by atoms with van der Waals surface area (Å²) in [4.78, 5) is 12.4. The Hall–Kier alpha value is -3.15. The maximum Gasteiger partial charge on any atom is 0.251 e. The molecule has 1 aromatic heterocycles. The van der Waals surface area contributed by atoms with Gasteiger partial charge in [-0.2, -0.15) is 0 Å². The molecule has 0 bridgehead atoms. The molecule has 4 rings (SSSR count). The van der Waals surface area contributed by atoms with Crippen LogP contribution in [0, 0.1) is 0 Å². The van der Waals surface area contributed by atoms with E-state index in [2.05, 4.69) is 32.2 Å². The fourth-order valence-corrected chi connectivity index (χ4v) is 3.48. The molecule has 2 aromatic carbocycles. The molecule has 6 heteroatoms. The highest BCUT2D eigenvalue weighted by Gasteiger charge is 2.22. The summed E-state index contributed by atoms with van der Waals surface area (Å²) in [5.41, 5.74) is 1.77. The number of carbonyl (C=O) groups excluding carboxylic acids is 1.